The van der Waals surface area contributed by atoms with E-state index in [1.807, 2.05) is 0 Å². The molecule has 0 unspecified atom stereocenters. The number of hydrogen-bond acceptors (Lipinski definition) is 6. The number of rotatable bonds is 6. The van der Waals surface area contributed by atoms with E-state index >= 15 is 0 Å². The van der Waals surface area contributed by atoms with Gasteiger partial charge in [-0.05, 0) is 30.3 Å². The fourth-order valence-electron chi connectivity index (χ4n) is 2.87. The molecule has 12 heteroatoms. The largest absolute Gasteiger partial charge is 0.573 e. The maximum absolute atomic E-state index is 12.2. The van der Waals surface area contributed by atoms with E-state index in [-0.39, 0.29) is 35.7 Å². The number of guanidine groups is 1. The summed E-state index contributed by atoms with van der Waals surface area (Å²) in [6, 6.07) is 7.08. The third-order valence-electron chi connectivity index (χ3n) is 4.27. The summed E-state index contributed by atoms with van der Waals surface area (Å²) in [5.41, 5.74) is 6.37. The second kappa shape index (κ2) is 11.2. The molecule has 0 atom stereocenters. The Morgan fingerprint density at radius 1 is 1.10 bits per heavy atom. The summed E-state index contributed by atoms with van der Waals surface area (Å²) in [5, 5.41) is 2.85. The molecule has 3 rings (SSSR count). The molecular weight excluding hydrogens is 514 g/mol. The second-order valence-corrected chi connectivity index (χ2v) is 6.34. The van der Waals surface area contributed by atoms with Crippen molar-refractivity contribution >= 4 is 41.6 Å². The van der Waals surface area contributed by atoms with Crippen LogP contribution < -0.4 is 20.7 Å². The Morgan fingerprint density at radius 2 is 1.73 bits per heavy atom. The molecule has 0 bridgehead atoms. The van der Waals surface area contributed by atoms with Gasteiger partial charge in [0.15, 0.2) is 5.96 Å². The van der Waals surface area contributed by atoms with E-state index in [0.717, 1.165) is 38.7 Å². The lowest BCUT2D eigenvalue weighted by Gasteiger charge is -2.34. The summed E-state index contributed by atoms with van der Waals surface area (Å²) in [6.07, 6.45) is -1.25. The predicted molar refractivity (Wildman–Crippen MR) is 119 cm³/mol. The van der Waals surface area contributed by atoms with Crippen molar-refractivity contribution in [2.75, 3.05) is 49.5 Å². The number of aliphatic imine (C=N–C) groups is 1. The molecule has 1 aliphatic heterocycles. The highest BCUT2D eigenvalue weighted by Crippen LogP contribution is 2.23. The first-order valence-corrected chi connectivity index (χ1v) is 9.06. The number of alkyl halides is 3. The molecule has 0 aliphatic carbocycles. The monoisotopic (exact) mass is 537 g/mol. The van der Waals surface area contributed by atoms with Crippen molar-refractivity contribution in [3.63, 3.8) is 0 Å². The number of nitrogens with zero attached hydrogens (tertiary/aromatic N) is 5. The zero-order valence-corrected chi connectivity index (χ0v) is 18.4. The SMILES string of the molecule is I.NC(=NCCN1CCN(c2ncccn2)CC1)Nc1ccc(OC(F)(F)F)cc1. The van der Waals surface area contributed by atoms with Gasteiger partial charge in [-0.25, -0.2) is 9.97 Å². The summed E-state index contributed by atoms with van der Waals surface area (Å²) in [6.45, 7) is 4.70. The Morgan fingerprint density at radius 3 is 2.33 bits per heavy atom. The van der Waals surface area contributed by atoms with Crippen LogP contribution in [0.2, 0.25) is 0 Å². The smallest absolute Gasteiger partial charge is 0.406 e. The molecule has 0 spiro atoms. The molecule has 1 saturated heterocycles. The normalized spacial score (nSPS) is 15.4. The maximum atomic E-state index is 12.2. The number of aromatic nitrogens is 2. The quantitative estimate of drug-likeness (QED) is 0.333. The van der Waals surface area contributed by atoms with Gasteiger partial charge in [0, 0.05) is 50.8 Å². The average Bonchev–Trinajstić information content (AvgIpc) is 2.70. The first-order valence-electron chi connectivity index (χ1n) is 9.06. The first kappa shape index (κ1) is 23.9. The van der Waals surface area contributed by atoms with E-state index in [1.165, 1.54) is 24.3 Å². The molecule has 1 aliphatic rings. The minimum Gasteiger partial charge on any atom is -0.406 e. The van der Waals surface area contributed by atoms with Crippen LogP contribution in [0.3, 0.4) is 0 Å². The third-order valence-corrected chi connectivity index (χ3v) is 4.27. The summed E-state index contributed by atoms with van der Waals surface area (Å²) < 4.78 is 40.3. The van der Waals surface area contributed by atoms with Gasteiger partial charge in [0.1, 0.15) is 5.75 Å². The van der Waals surface area contributed by atoms with Crippen LogP contribution in [0.5, 0.6) is 5.75 Å². The van der Waals surface area contributed by atoms with Crippen LogP contribution in [0.4, 0.5) is 24.8 Å². The van der Waals surface area contributed by atoms with Crippen molar-refractivity contribution in [3.05, 3.63) is 42.7 Å². The molecule has 0 radical (unpaired) electrons. The van der Waals surface area contributed by atoms with Crippen LogP contribution in [0.1, 0.15) is 0 Å². The van der Waals surface area contributed by atoms with Crippen LogP contribution in [0.15, 0.2) is 47.7 Å². The van der Waals surface area contributed by atoms with Gasteiger partial charge in [-0.2, -0.15) is 0 Å². The highest BCUT2D eigenvalue weighted by molar-refractivity contribution is 14.0. The first-order chi connectivity index (χ1) is 13.9. The number of nitrogens with two attached hydrogens (primary N) is 1. The number of hydrogen-bond donors (Lipinski definition) is 2. The molecule has 164 valence electrons. The van der Waals surface area contributed by atoms with Crippen molar-refractivity contribution in [3.8, 4) is 5.75 Å². The van der Waals surface area contributed by atoms with Crippen molar-refractivity contribution in [2.24, 2.45) is 10.7 Å². The minimum absolute atomic E-state index is 0. The molecule has 0 saturated carbocycles. The molecule has 3 N–H and O–H groups in total. The fraction of sp³-hybridized carbons (Fsp3) is 0.389. The highest BCUT2D eigenvalue weighted by atomic mass is 127. The van der Waals surface area contributed by atoms with E-state index in [9.17, 15) is 13.2 Å². The molecule has 0 amide bonds. The Kier molecular flexibility index (Phi) is 8.89. The molecule has 1 aromatic carbocycles. The molecule has 8 nitrogen and oxygen atoms in total. The van der Waals surface area contributed by atoms with E-state index in [4.69, 9.17) is 5.73 Å². The topological polar surface area (TPSA) is 91.9 Å². The van der Waals surface area contributed by atoms with E-state index < -0.39 is 6.36 Å². The summed E-state index contributed by atoms with van der Waals surface area (Å²) in [4.78, 5) is 17.2. The van der Waals surface area contributed by atoms with E-state index in [2.05, 4.69) is 34.8 Å². The Balaban J connectivity index is 0.00000320. The molecule has 30 heavy (non-hydrogen) atoms. The fourth-order valence-corrected chi connectivity index (χ4v) is 2.87. The van der Waals surface area contributed by atoms with E-state index in [0.29, 0.717) is 12.2 Å². The molecule has 2 aromatic rings. The van der Waals surface area contributed by atoms with Crippen LogP contribution in [0, 0.1) is 0 Å². The van der Waals surface area contributed by atoms with Gasteiger partial charge >= 0.3 is 6.36 Å². The molecule has 2 heterocycles. The zero-order chi connectivity index (χ0) is 20.7. The number of halogens is 4. The number of anilines is 2. The lowest BCUT2D eigenvalue weighted by atomic mass is 10.3. The summed E-state index contributed by atoms with van der Waals surface area (Å²) >= 11 is 0. The molecule has 1 aromatic heterocycles. The van der Waals surface area contributed by atoms with Crippen molar-refractivity contribution < 1.29 is 17.9 Å². The predicted octanol–water partition coefficient (Wildman–Crippen LogP) is 2.54. The van der Waals surface area contributed by atoms with Crippen LogP contribution in [-0.2, 0) is 0 Å². The van der Waals surface area contributed by atoms with Crippen molar-refractivity contribution in [1.82, 2.24) is 14.9 Å². The second-order valence-electron chi connectivity index (χ2n) is 6.34. The highest BCUT2D eigenvalue weighted by Gasteiger charge is 2.30. The van der Waals surface area contributed by atoms with Gasteiger partial charge in [-0.15, -0.1) is 37.1 Å². The van der Waals surface area contributed by atoms with Gasteiger partial charge in [0.2, 0.25) is 5.95 Å². The maximum Gasteiger partial charge on any atom is 0.573 e. The van der Waals surface area contributed by atoms with Gasteiger partial charge in [0.05, 0.1) is 6.54 Å². The standard InChI is InChI=1S/C18H22F3N7O.HI/c19-18(20,21)29-15-4-2-14(3-5-15)26-16(22)23-8-9-27-10-12-28(13-11-27)17-24-6-1-7-25-17;/h1-7H,8-13H2,(H3,22,23,26);1H. The van der Waals surface area contributed by atoms with Gasteiger partial charge in [-0.3, -0.25) is 9.89 Å². The lowest BCUT2D eigenvalue weighted by molar-refractivity contribution is -0.274. The molecule has 1 fully saturated rings. The van der Waals surface area contributed by atoms with Crippen LogP contribution in [0.25, 0.3) is 0 Å². The number of nitrogens with one attached hydrogen (secondary N) is 1. The van der Waals surface area contributed by atoms with Gasteiger partial charge in [0.25, 0.3) is 0 Å². The number of ether oxygens (including phenoxy) is 1. The Bertz CT molecular complexity index is 798. The van der Waals surface area contributed by atoms with Crippen molar-refractivity contribution in [2.45, 2.75) is 6.36 Å². The summed E-state index contributed by atoms with van der Waals surface area (Å²) in [5.74, 6) is 0.648. The number of piperazine rings is 1. The lowest BCUT2D eigenvalue weighted by Crippen LogP contribution is -2.47. The molecular formula is C18H23F3IN7O. The van der Waals surface area contributed by atoms with Crippen LogP contribution in [-0.4, -0.2) is 66.5 Å². The number of benzene rings is 1. The third kappa shape index (κ3) is 7.82. The summed E-state index contributed by atoms with van der Waals surface area (Å²) in [7, 11) is 0. The Hall–Kier alpha value is -2.35. The minimum atomic E-state index is -4.71. The average molecular weight is 537 g/mol. The zero-order valence-electron chi connectivity index (χ0n) is 16.0. The van der Waals surface area contributed by atoms with Crippen LogP contribution >= 0.6 is 24.0 Å². The van der Waals surface area contributed by atoms with Crippen molar-refractivity contribution in [1.29, 1.82) is 0 Å². The Labute approximate surface area is 189 Å². The van der Waals surface area contributed by atoms with Gasteiger partial charge in [-0.1, -0.05) is 0 Å². The van der Waals surface area contributed by atoms with Gasteiger partial charge < -0.3 is 20.7 Å². The van der Waals surface area contributed by atoms with E-state index in [1.54, 1.807) is 18.5 Å².